The number of carbonyl (C=O) groups is 1. The summed E-state index contributed by atoms with van der Waals surface area (Å²) in [7, 11) is 1.27. The van der Waals surface area contributed by atoms with E-state index in [0.717, 1.165) is 12.3 Å². The Kier molecular flexibility index (Phi) is 6.95. The van der Waals surface area contributed by atoms with Gasteiger partial charge < -0.3 is 10.1 Å². The monoisotopic (exact) mass is 397 g/mol. The molecule has 1 aromatic heterocycles. The SMILES string of the molecule is COC(=O)C1=C(C)NC(c2ncc(F)cc2F)=NC1.Fc1cccc(Cl)c1. The number of nitrogens with one attached hydrogen (secondary N) is 1. The van der Waals surface area contributed by atoms with Gasteiger partial charge in [-0.1, -0.05) is 17.7 Å². The second-order valence-corrected chi connectivity index (χ2v) is 5.75. The number of carbonyl (C=O) groups excluding carboxylic acids is 1. The Morgan fingerprint density at radius 2 is 1.96 bits per heavy atom. The van der Waals surface area contributed by atoms with Crippen molar-refractivity contribution in [2.45, 2.75) is 6.92 Å². The van der Waals surface area contributed by atoms with E-state index in [9.17, 15) is 18.0 Å². The third kappa shape index (κ3) is 5.55. The first-order valence-electron chi connectivity index (χ1n) is 7.64. The van der Waals surface area contributed by atoms with Crippen LogP contribution in [0.2, 0.25) is 5.02 Å². The van der Waals surface area contributed by atoms with Crippen molar-refractivity contribution in [2.24, 2.45) is 4.99 Å². The van der Waals surface area contributed by atoms with Gasteiger partial charge in [-0.3, -0.25) is 4.99 Å². The van der Waals surface area contributed by atoms with Crippen LogP contribution in [-0.2, 0) is 9.53 Å². The maximum atomic E-state index is 13.6. The van der Waals surface area contributed by atoms with Crippen molar-refractivity contribution in [3.8, 4) is 0 Å². The Balaban J connectivity index is 0.000000273. The number of aliphatic imine (C=N–C) groups is 1. The van der Waals surface area contributed by atoms with Gasteiger partial charge >= 0.3 is 5.97 Å². The van der Waals surface area contributed by atoms with Crippen molar-refractivity contribution in [1.82, 2.24) is 10.3 Å². The van der Waals surface area contributed by atoms with E-state index in [0.29, 0.717) is 16.3 Å². The normalized spacial score (nSPS) is 13.2. The summed E-state index contributed by atoms with van der Waals surface area (Å²) < 4.78 is 43.0. The molecule has 0 amide bonds. The van der Waals surface area contributed by atoms with Gasteiger partial charge in [-0.15, -0.1) is 0 Å². The minimum Gasteiger partial charge on any atom is -0.466 e. The van der Waals surface area contributed by atoms with Crippen LogP contribution < -0.4 is 5.32 Å². The molecule has 1 aliphatic rings. The number of halogens is 4. The molecule has 9 heteroatoms. The standard InChI is InChI=1S/C12H11F2N3O2.C6H4ClF/c1-6-8(12(18)19-2)5-16-11(17-6)10-9(14)3-7(13)4-15-10;7-5-2-1-3-6(8)4-5/h3-4H,5H2,1-2H3,(H,16,17);1-4H. The number of nitrogens with zero attached hydrogens (tertiary/aromatic N) is 2. The highest BCUT2D eigenvalue weighted by molar-refractivity contribution is 6.30. The first-order chi connectivity index (χ1) is 12.8. The zero-order valence-electron chi connectivity index (χ0n) is 14.4. The number of rotatable bonds is 2. The zero-order chi connectivity index (χ0) is 20.0. The lowest BCUT2D eigenvalue weighted by atomic mass is 10.1. The molecule has 0 unspecified atom stereocenters. The molecule has 2 heterocycles. The molecule has 0 saturated carbocycles. The smallest absolute Gasteiger partial charge is 0.337 e. The second-order valence-electron chi connectivity index (χ2n) is 5.31. The summed E-state index contributed by atoms with van der Waals surface area (Å²) in [4.78, 5) is 19.1. The minimum atomic E-state index is -0.819. The van der Waals surface area contributed by atoms with Gasteiger partial charge in [-0.25, -0.2) is 22.9 Å². The highest BCUT2D eigenvalue weighted by Gasteiger charge is 2.21. The van der Waals surface area contributed by atoms with E-state index < -0.39 is 17.6 Å². The molecule has 0 spiro atoms. The Morgan fingerprint density at radius 1 is 1.22 bits per heavy atom. The topological polar surface area (TPSA) is 63.6 Å². The van der Waals surface area contributed by atoms with E-state index in [-0.39, 0.29) is 23.9 Å². The average molecular weight is 398 g/mol. The lowest BCUT2D eigenvalue weighted by Gasteiger charge is -2.18. The van der Waals surface area contributed by atoms with Gasteiger partial charge in [0.2, 0.25) is 0 Å². The lowest BCUT2D eigenvalue weighted by Crippen LogP contribution is -2.32. The Morgan fingerprint density at radius 3 is 2.48 bits per heavy atom. The van der Waals surface area contributed by atoms with E-state index in [2.05, 4.69) is 20.0 Å². The molecular weight excluding hydrogens is 383 g/mol. The summed E-state index contributed by atoms with van der Waals surface area (Å²) >= 11 is 5.40. The molecule has 0 aliphatic carbocycles. The van der Waals surface area contributed by atoms with Gasteiger partial charge in [0.15, 0.2) is 11.7 Å². The van der Waals surface area contributed by atoms with Crippen LogP contribution in [0.25, 0.3) is 0 Å². The van der Waals surface area contributed by atoms with Crippen LogP contribution in [0.1, 0.15) is 12.6 Å². The summed E-state index contributed by atoms with van der Waals surface area (Å²) in [5, 5.41) is 3.20. The maximum Gasteiger partial charge on any atom is 0.337 e. The molecule has 142 valence electrons. The van der Waals surface area contributed by atoms with Crippen molar-refractivity contribution in [3.63, 3.8) is 0 Å². The van der Waals surface area contributed by atoms with Crippen LogP contribution in [0.5, 0.6) is 0 Å². The number of pyridine rings is 1. The zero-order valence-corrected chi connectivity index (χ0v) is 15.1. The highest BCUT2D eigenvalue weighted by Crippen LogP contribution is 2.14. The molecule has 1 aliphatic heterocycles. The summed E-state index contributed by atoms with van der Waals surface area (Å²) in [6.45, 7) is 1.70. The van der Waals surface area contributed by atoms with Crippen LogP contribution >= 0.6 is 11.6 Å². The van der Waals surface area contributed by atoms with Gasteiger partial charge in [0.25, 0.3) is 0 Å². The van der Waals surface area contributed by atoms with Crippen molar-refractivity contribution in [3.05, 3.63) is 76.0 Å². The minimum absolute atomic E-state index is 0.0549. The maximum absolute atomic E-state index is 13.6. The number of aromatic nitrogens is 1. The first kappa shape index (κ1) is 20.4. The third-order valence-electron chi connectivity index (χ3n) is 3.40. The molecule has 1 aromatic carbocycles. The predicted molar refractivity (Wildman–Crippen MR) is 94.8 cm³/mol. The molecule has 0 fully saturated rings. The van der Waals surface area contributed by atoms with E-state index in [4.69, 9.17) is 11.6 Å². The molecule has 27 heavy (non-hydrogen) atoms. The van der Waals surface area contributed by atoms with E-state index in [1.165, 1.54) is 19.2 Å². The fourth-order valence-corrected chi connectivity index (χ4v) is 2.27. The van der Waals surface area contributed by atoms with Crippen LogP contribution in [0, 0.1) is 17.5 Å². The third-order valence-corrected chi connectivity index (χ3v) is 3.64. The molecule has 1 N–H and O–H groups in total. The van der Waals surface area contributed by atoms with E-state index >= 15 is 0 Å². The van der Waals surface area contributed by atoms with E-state index in [1.54, 1.807) is 19.1 Å². The van der Waals surface area contributed by atoms with Crippen molar-refractivity contribution in [1.29, 1.82) is 0 Å². The second kappa shape index (κ2) is 9.18. The fraction of sp³-hybridized carbons (Fsp3) is 0.167. The summed E-state index contributed by atoms with van der Waals surface area (Å²) in [5.74, 6) is -2.22. The summed E-state index contributed by atoms with van der Waals surface area (Å²) in [6.07, 6.45) is 0.900. The number of hydrogen-bond acceptors (Lipinski definition) is 5. The van der Waals surface area contributed by atoms with Crippen molar-refractivity contribution < 1.29 is 22.7 Å². The van der Waals surface area contributed by atoms with Crippen LogP contribution in [0.3, 0.4) is 0 Å². The molecule has 0 bridgehead atoms. The van der Waals surface area contributed by atoms with Crippen LogP contribution in [0.4, 0.5) is 13.2 Å². The Hall–Kier alpha value is -2.87. The fourth-order valence-electron chi connectivity index (χ4n) is 2.09. The van der Waals surface area contributed by atoms with Crippen molar-refractivity contribution in [2.75, 3.05) is 13.7 Å². The number of amidine groups is 1. The molecule has 5 nitrogen and oxygen atoms in total. The number of hydrogen-bond donors (Lipinski definition) is 1. The molecule has 2 aromatic rings. The lowest BCUT2D eigenvalue weighted by molar-refractivity contribution is -0.136. The average Bonchev–Trinajstić information content (AvgIpc) is 2.61. The van der Waals surface area contributed by atoms with Gasteiger partial charge in [0, 0.05) is 16.8 Å². The summed E-state index contributed by atoms with van der Waals surface area (Å²) in [6, 6.07) is 6.54. The van der Waals surface area contributed by atoms with Crippen LogP contribution in [0.15, 0.2) is 52.8 Å². The van der Waals surface area contributed by atoms with Gasteiger partial charge in [-0.05, 0) is 25.1 Å². The van der Waals surface area contributed by atoms with Crippen LogP contribution in [-0.4, -0.2) is 30.4 Å². The number of methoxy groups -OCH3 is 1. The molecule has 0 saturated heterocycles. The number of esters is 1. The molecule has 3 rings (SSSR count). The molecule has 0 radical (unpaired) electrons. The van der Waals surface area contributed by atoms with Gasteiger partial charge in [0.05, 0.1) is 25.4 Å². The van der Waals surface area contributed by atoms with Gasteiger partial charge in [0.1, 0.15) is 17.3 Å². The molecule has 0 atom stereocenters. The quantitative estimate of drug-likeness (QED) is 0.786. The van der Waals surface area contributed by atoms with Gasteiger partial charge in [-0.2, -0.15) is 0 Å². The number of ether oxygens (including phenoxy) is 1. The molecular formula is C18H15ClF3N3O2. The Bertz CT molecular complexity index is 899. The van der Waals surface area contributed by atoms with Crippen molar-refractivity contribution >= 4 is 23.4 Å². The number of benzene rings is 1. The first-order valence-corrected chi connectivity index (χ1v) is 8.01. The highest BCUT2D eigenvalue weighted by atomic mass is 35.5. The summed E-state index contributed by atoms with van der Waals surface area (Å²) in [5.41, 5.74) is 0.765. The largest absolute Gasteiger partial charge is 0.466 e. The predicted octanol–water partition coefficient (Wildman–Crippen LogP) is 3.64. The number of allylic oxidation sites excluding steroid dienone is 1. The Labute approximate surface area is 158 Å². The van der Waals surface area contributed by atoms with E-state index in [1.807, 2.05) is 0 Å².